The molecule has 0 aliphatic carbocycles. The smallest absolute Gasteiger partial charge is 0.303 e. The molecule has 1 aromatic heterocycles. The molecule has 0 atom stereocenters. The summed E-state index contributed by atoms with van der Waals surface area (Å²) in [7, 11) is 0. The lowest BCUT2D eigenvalue weighted by Gasteiger charge is -2.00. The molecule has 0 amide bonds. The fourth-order valence-electron chi connectivity index (χ4n) is 2.07. The number of carboxylic acids is 1. The zero-order valence-electron chi connectivity index (χ0n) is 11.0. The number of carboxylic acid groups (broad SMARTS) is 1. The van der Waals surface area contributed by atoms with Crippen molar-refractivity contribution in [2.45, 2.75) is 26.2 Å². The van der Waals surface area contributed by atoms with Gasteiger partial charge in [0.05, 0.1) is 5.69 Å². The summed E-state index contributed by atoms with van der Waals surface area (Å²) in [6.45, 7) is 1.88. The van der Waals surface area contributed by atoms with Crippen molar-refractivity contribution in [1.82, 2.24) is 9.78 Å². The summed E-state index contributed by atoms with van der Waals surface area (Å²) in [5.74, 6) is -1.32. The maximum Gasteiger partial charge on any atom is 0.303 e. The number of hydrogen-bond acceptors (Lipinski definition) is 2. The highest BCUT2D eigenvalue weighted by atomic mass is 19.1. The number of aliphatic carboxylic acids is 1. The van der Waals surface area contributed by atoms with E-state index in [4.69, 9.17) is 5.11 Å². The molecule has 6 heteroatoms. The van der Waals surface area contributed by atoms with Crippen LogP contribution in [0.2, 0.25) is 0 Å². The zero-order valence-corrected chi connectivity index (χ0v) is 11.0. The van der Waals surface area contributed by atoms with Crippen molar-refractivity contribution in [3.05, 3.63) is 51.7 Å². The Bertz CT molecular complexity index is 671. The second kappa shape index (κ2) is 5.73. The van der Waals surface area contributed by atoms with Crippen LogP contribution in [0.1, 0.15) is 24.6 Å². The van der Waals surface area contributed by atoms with Crippen molar-refractivity contribution >= 4 is 5.97 Å². The third kappa shape index (κ3) is 2.79. The first-order valence-electron chi connectivity index (χ1n) is 6.33. The molecule has 2 aromatic rings. The fourth-order valence-corrected chi connectivity index (χ4v) is 2.07. The summed E-state index contributed by atoms with van der Waals surface area (Å²) >= 11 is 0. The van der Waals surface area contributed by atoms with Crippen LogP contribution < -0.4 is 5.56 Å². The van der Waals surface area contributed by atoms with Gasteiger partial charge in [0.15, 0.2) is 0 Å². The van der Waals surface area contributed by atoms with Crippen molar-refractivity contribution in [2.24, 2.45) is 0 Å². The molecule has 0 unspecified atom stereocenters. The summed E-state index contributed by atoms with van der Waals surface area (Å²) in [5.41, 5.74) is 1.42. The molecule has 106 valence electrons. The number of aromatic amines is 1. The molecule has 0 radical (unpaired) electrons. The molecule has 20 heavy (non-hydrogen) atoms. The van der Waals surface area contributed by atoms with Gasteiger partial charge in [-0.25, -0.2) is 9.07 Å². The highest BCUT2D eigenvalue weighted by Gasteiger charge is 2.15. The van der Waals surface area contributed by atoms with E-state index in [1.807, 2.05) is 6.92 Å². The molecule has 5 nitrogen and oxygen atoms in total. The van der Waals surface area contributed by atoms with Gasteiger partial charge in [-0.2, -0.15) is 0 Å². The van der Waals surface area contributed by atoms with Gasteiger partial charge in [0, 0.05) is 17.7 Å². The summed E-state index contributed by atoms with van der Waals surface area (Å²) in [6.07, 6.45) is 0.684. The average Bonchev–Trinajstić information content (AvgIpc) is 2.74. The molecule has 1 aromatic carbocycles. The minimum Gasteiger partial charge on any atom is -0.481 e. The monoisotopic (exact) mass is 278 g/mol. The minimum atomic E-state index is -0.944. The molecule has 2 N–H and O–H groups in total. The van der Waals surface area contributed by atoms with Crippen LogP contribution in [0, 0.1) is 5.82 Å². The van der Waals surface area contributed by atoms with E-state index in [9.17, 15) is 14.0 Å². The van der Waals surface area contributed by atoms with Gasteiger partial charge in [-0.15, -0.1) is 0 Å². The van der Waals surface area contributed by atoms with E-state index in [1.165, 1.54) is 28.9 Å². The van der Waals surface area contributed by atoms with Crippen LogP contribution in [0.3, 0.4) is 0 Å². The number of aromatic nitrogens is 2. The molecule has 2 rings (SSSR count). The van der Waals surface area contributed by atoms with Gasteiger partial charge in [0.2, 0.25) is 0 Å². The van der Waals surface area contributed by atoms with Gasteiger partial charge in [0.1, 0.15) is 5.82 Å². The van der Waals surface area contributed by atoms with Crippen molar-refractivity contribution in [2.75, 3.05) is 0 Å². The third-order valence-electron chi connectivity index (χ3n) is 3.10. The van der Waals surface area contributed by atoms with E-state index < -0.39 is 5.97 Å². The van der Waals surface area contributed by atoms with Crippen LogP contribution in [0.15, 0.2) is 29.1 Å². The lowest BCUT2D eigenvalue weighted by molar-refractivity contribution is -0.136. The highest BCUT2D eigenvalue weighted by molar-refractivity contribution is 5.67. The van der Waals surface area contributed by atoms with Crippen molar-refractivity contribution in [3.63, 3.8) is 0 Å². The van der Waals surface area contributed by atoms with E-state index in [-0.39, 0.29) is 24.2 Å². The number of nitrogens with zero attached hydrogens (tertiary/aromatic N) is 1. The molecule has 0 spiro atoms. The number of carbonyl (C=O) groups is 1. The van der Waals surface area contributed by atoms with Gasteiger partial charge in [-0.1, -0.05) is 6.92 Å². The maximum absolute atomic E-state index is 12.9. The second-order valence-corrected chi connectivity index (χ2v) is 4.43. The van der Waals surface area contributed by atoms with Gasteiger partial charge >= 0.3 is 5.97 Å². The molecule has 0 saturated carbocycles. The minimum absolute atomic E-state index is 0.0937. The predicted molar refractivity (Wildman–Crippen MR) is 71.7 cm³/mol. The van der Waals surface area contributed by atoms with Crippen LogP contribution in [-0.4, -0.2) is 20.9 Å². The normalized spacial score (nSPS) is 10.7. The number of rotatable bonds is 5. The maximum atomic E-state index is 12.9. The SMILES string of the molecule is CCc1[nH]n(-c2ccc(F)cc2)c(=O)c1CCC(=O)O. The van der Waals surface area contributed by atoms with E-state index in [0.29, 0.717) is 23.4 Å². The largest absolute Gasteiger partial charge is 0.481 e. The Balaban J connectivity index is 2.42. The number of nitrogens with one attached hydrogen (secondary N) is 1. The number of H-pyrrole nitrogens is 1. The summed E-state index contributed by atoms with van der Waals surface area (Å²) in [5, 5.41) is 11.7. The molecule has 0 fully saturated rings. The zero-order chi connectivity index (χ0) is 14.7. The van der Waals surface area contributed by atoms with Gasteiger partial charge in [-0.3, -0.25) is 14.7 Å². The molecular formula is C14H15FN2O3. The Morgan fingerprint density at radius 1 is 1.35 bits per heavy atom. The Morgan fingerprint density at radius 3 is 2.55 bits per heavy atom. The van der Waals surface area contributed by atoms with Crippen LogP contribution in [0.25, 0.3) is 5.69 Å². The Morgan fingerprint density at radius 2 is 2.00 bits per heavy atom. The van der Waals surface area contributed by atoms with Crippen molar-refractivity contribution < 1.29 is 14.3 Å². The van der Waals surface area contributed by atoms with Gasteiger partial charge in [-0.05, 0) is 37.1 Å². The number of aryl methyl sites for hydroxylation is 1. The van der Waals surface area contributed by atoms with Crippen LogP contribution in [-0.2, 0) is 17.6 Å². The van der Waals surface area contributed by atoms with E-state index in [1.54, 1.807) is 0 Å². The number of hydrogen-bond donors (Lipinski definition) is 2. The summed E-state index contributed by atoms with van der Waals surface area (Å²) < 4.78 is 14.2. The Kier molecular flexibility index (Phi) is 4.02. The van der Waals surface area contributed by atoms with E-state index in [0.717, 1.165) is 0 Å². The first kappa shape index (κ1) is 14.0. The van der Waals surface area contributed by atoms with Gasteiger partial charge < -0.3 is 5.11 Å². The van der Waals surface area contributed by atoms with Crippen LogP contribution in [0.4, 0.5) is 4.39 Å². The molecule has 1 heterocycles. The van der Waals surface area contributed by atoms with Crippen LogP contribution in [0.5, 0.6) is 0 Å². The molecule has 0 aliphatic rings. The van der Waals surface area contributed by atoms with Crippen molar-refractivity contribution in [3.8, 4) is 5.69 Å². The first-order valence-corrected chi connectivity index (χ1v) is 6.33. The second-order valence-electron chi connectivity index (χ2n) is 4.43. The third-order valence-corrected chi connectivity index (χ3v) is 3.10. The standard InChI is InChI=1S/C14H15FN2O3/c1-2-12-11(7-8-13(18)19)14(20)17(16-12)10-5-3-9(15)4-6-10/h3-6,16H,2,7-8H2,1H3,(H,18,19). The topological polar surface area (TPSA) is 75.1 Å². The van der Waals surface area contributed by atoms with Crippen LogP contribution >= 0.6 is 0 Å². The van der Waals surface area contributed by atoms with Gasteiger partial charge in [0.25, 0.3) is 5.56 Å². The highest BCUT2D eigenvalue weighted by Crippen LogP contribution is 2.11. The molecule has 0 bridgehead atoms. The molecule has 0 saturated heterocycles. The quantitative estimate of drug-likeness (QED) is 0.877. The lowest BCUT2D eigenvalue weighted by Crippen LogP contribution is -2.18. The number of benzene rings is 1. The Labute approximate surface area is 114 Å². The van der Waals surface area contributed by atoms with E-state index >= 15 is 0 Å². The fraction of sp³-hybridized carbons (Fsp3) is 0.286. The molecular weight excluding hydrogens is 263 g/mol. The first-order chi connectivity index (χ1) is 9.52. The van der Waals surface area contributed by atoms with Crippen molar-refractivity contribution in [1.29, 1.82) is 0 Å². The summed E-state index contributed by atoms with van der Waals surface area (Å²) in [6, 6.07) is 5.53. The lowest BCUT2D eigenvalue weighted by atomic mass is 10.1. The van der Waals surface area contributed by atoms with E-state index in [2.05, 4.69) is 5.10 Å². The predicted octanol–water partition coefficient (Wildman–Crippen LogP) is 1.88. The average molecular weight is 278 g/mol. The molecule has 0 aliphatic heterocycles. The summed E-state index contributed by atoms with van der Waals surface area (Å²) in [4.78, 5) is 22.9. The number of halogens is 1. The Hall–Kier alpha value is -2.37.